The highest BCUT2D eigenvalue weighted by Gasteiger charge is 2.16. The zero-order chi connectivity index (χ0) is 10.7. The van der Waals surface area contributed by atoms with Crippen LogP contribution in [0, 0.1) is 0 Å². The van der Waals surface area contributed by atoms with E-state index >= 15 is 0 Å². The second-order valence-corrected chi connectivity index (χ2v) is 4.35. The molecule has 2 rings (SSSR count). The first-order valence-corrected chi connectivity index (χ1v) is 5.73. The van der Waals surface area contributed by atoms with Gasteiger partial charge in [0.05, 0.1) is 0 Å². The second-order valence-electron chi connectivity index (χ2n) is 4.35. The fraction of sp³-hybridized carbons (Fsp3) is 0.583. The third-order valence-corrected chi connectivity index (χ3v) is 3.21. The van der Waals surface area contributed by atoms with Crippen molar-refractivity contribution in [3.8, 4) is 0 Å². The number of hydrogen-bond donors (Lipinski definition) is 2. The van der Waals surface area contributed by atoms with Crippen molar-refractivity contribution in [2.24, 2.45) is 5.73 Å². The highest BCUT2D eigenvalue weighted by Crippen LogP contribution is 2.31. The standard InChI is InChI=1S/C12H18N2O/c13-8-9-6-11(14-12(15)7-9)10-4-2-1-3-5-10/h6-7,10H,1-5,8,13H2,(H,14,15). The Kier molecular flexibility index (Phi) is 3.21. The Balaban J connectivity index is 2.26. The summed E-state index contributed by atoms with van der Waals surface area (Å²) in [6.45, 7) is 0.448. The molecule has 0 spiro atoms. The van der Waals surface area contributed by atoms with Crippen molar-refractivity contribution in [2.45, 2.75) is 44.6 Å². The summed E-state index contributed by atoms with van der Waals surface area (Å²) in [6.07, 6.45) is 6.28. The van der Waals surface area contributed by atoms with Gasteiger partial charge in [0, 0.05) is 18.3 Å². The van der Waals surface area contributed by atoms with Gasteiger partial charge >= 0.3 is 0 Å². The number of nitrogens with one attached hydrogen (secondary N) is 1. The number of rotatable bonds is 2. The van der Waals surface area contributed by atoms with E-state index in [9.17, 15) is 4.79 Å². The molecular formula is C12H18N2O. The molecule has 0 bridgehead atoms. The third kappa shape index (κ3) is 2.48. The molecule has 3 nitrogen and oxygen atoms in total. The minimum absolute atomic E-state index is 0.0153. The van der Waals surface area contributed by atoms with Gasteiger partial charge in [-0.05, 0) is 30.4 Å². The Hall–Kier alpha value is -1.09. The molecular weight excluding hydrogens is 188 g/mol. The van der Waals surface area contributed by atoms with Gasteiger partial charge in [-0.15, -0.1) is 0 Å². The fourth-order valence-electron chi connectivity index (χ4n) is 2.38. The molecule has 1 aliphatic carbocycles. The smallest absolute Gasteiger partial charge is 0.248 e. The van der Waals surface area contributed by atoms with Gasteiger partial charge in [0.2, 0.25) is 5.56 Å². The number of pyridine rings is 1. The van der Waals surface area contributed by atoms with Crippen molar-refractivity contribution in [1.29, 1.82) is 0 Å². The number of aromatic amines is 1. The van der Waals surface area contributed by atoms with Gasteiger partial charge in [-0.25, -0.2) is 0 Å². The number of nitrogens with two attached hydrogens (primary N) is 1. The van der Waals surface area contributed by atoms with Crippen molar-refractivity contribution < 1.29 is 0 Å². The van der Waals surface area contributed by atoms with Crippen LogP contribution in [0.5, 0.6) is 0 Å². The van der Waals surface area contributed by atoms with Crippen molar-refractivity contribution >= 4 is 0 Å². The van der Waals surface area contributed by atoms with E-state index in [1.165, 1.54) is 32.1 Å². The normalized spacial score (nSPS) is 17.9. The molecule has 0 aromatic carbocycles. The van der Waals surface area contributed by atoms with Gasteiger partial charge < -0.3 is 10.7 Å². The maximum Gasteiger partial charge on any atom is 0.248 e. The molecule has 1 fully saturated rings. The van der Waals surface area contributed by atoms with Crippen LogP contribution in [0.25, 0.3) is 0 Å². The number of hydrogen-bond acceptors (Lipinski definition) is 2. The Labute approximate surface area is 89.7 Å². The van der Waals surface area contributed by atoms with Crippen molar-refractivity contribution in [3.63, 3.8) is 0 Å². The van der Waals surface area contributed by atoms with Crippen LogP contribution in [-0.2, 0) is 6.54 Å². The summed E-state index contributed by atoms with van der Waals surface area (Å²) in [7, 11) is 0. The van der Waals surface area contributed by atoms with Gasteiger partial charge in [-0.3, -0.25) is 4.79 Å². The molecule has 0 radical (unpaired) electrons. The van der Waals surface area contributed by atoms with Gasteiger partial charge in [-0.1, -0.05) is 19.3 Å². The summed E-state index contributed by atoms with van der Waals surface area (Å²) in [5.41, 5.74) is 7.58. The van der Waals surface area contributed by atoms with Crippen molar-refractivity contribution in [2.75, 3.05) is 0 Å². The molecule has 1 heterocycles. The summed E-state index contributed by atoms with van der Waals surface area (Å²) in [4.78, 5) is 14.3. The molecule has 1 aromatic heterocycles. The predicted molar refractivity (Wildman–Crippen MR) is 60.8 cm³/mol. The van der Waals surface area contributed by atoms with E-state index in [2.05, 4.69) is 11.1 Å². The Morgan fingerprint density at radius 1 is 1.27 bits per heavy atom. The van der Waals surface area contributed by atoms with Crippen LogP contribution < -0.4 is 11.3 Å². The first-order valence-electron chi connectivity index (χ1n) is 5.73. The van der Waals surface area contributed by atoms with E-state index in [1.54, 1.807) is 6.07 Å². The fourth-order valence-corrected chi connectivity index (χ4v) is 2.38. The Bertz CT molecular complexity index is 377. The van der Waals surface area contributed by atoms with Crippen molar-refractivity contribution in [3.05, 3.63) is 33.7 Å². The quantitative estimate of drug-likeness (QED) is 0.776. The van der Waals surface area contributed by atoms with E-state index < -0.39 is 0 Å². The Morgan fingerprint density at radius 3 is 2.67 bits per heavy atom. The molecule has 3 heteroatoms. The Morgan fingerprint density at radius 2 is 2.00 bits per heavy atom. The lowest BCUT2D eigenvalue weighted by Gasteiger charge is -2.21. The van der Waals surface area contributed by atoms with Crippen molar-refractivity contribution in [1.82, 2.24) is 4.98 Å². The summed E-state index contributed by atoms with van der Waals surface area (Å²) < 4.78 is 0. The zero-order valence-electron chi connectivity index (χ0n) is 8.96. The van der Waals surface area contributed by atoms with Gasteiger partial charge in [0.25, 0.3) is 0 Å². The third-order valence-electron chi connectivity index (χ3n) is 3.21. The number of H-pyrrole nitrogens is 1. The molecule has 0 saturated heterocycles. The molecule has 1 aromatic rings. The molecule has 1 saturated carbocycles. The van der Waals surface area contributed by atoms with Crippen LogP contribution in [-0.4, -0.2) is 4.98 Å². The average molecular weight is 206 g/mol. The molecule has 82 valence electrons. The average Bonchev–Trinajstić information content (AvgIpc) is 2.29. The minimum Gasteiger partial charge on any atom is -0.326 e. The van der Waals surface area contributed by atoms with Crippen LogP contribution in [0.2, 0.25) is 0 Å². The highest BCUT2D eigenvalue weighted by atomic mass is 16.1. The van der Waals surface area contributed by atoms with E-state index in [1.807, 2.05) is 0 Å². The van der Waals surface area contributed by atoms with Gasteiger partial charge in [0.15, 0.2) is 0 Å². The highest BCUT2D eigenvalue weighted by molar-refractivity contribution is 5.19. The molecule has 0 atom stereocenters. The second kappa shape index (κ2) is 4.62. The predicted octanol–water partition coefficient (Wildman–Crippen LogP) is 1.88. The monoisotopic (exact) mass is 206 g/mol. The molecule has 0 amide bonds. The van der Waals surface area contributed by atoms with Crippen LogP contribution in [0.3, 0.4) is 0 Å². The minimum atomic E-state index is -0.0153. The topological polar surface area (TPSA) is 58.9 Å². The molecule has 15 heavy (non-hydrogen) atoms. The van der Waals surface area contributed by atoms with E-state index in [0.29, 0.717) is 12.5 Å². The summed E-state index contributed by atoms with van der Waals surface area (Å²) in [5.74, 6) is 0.540. The lowest BCUT2D eigenvalue weighted by atomic mass is 9.86. The summed E-state index contributed by atoms with van der Waals surface area (Å²) in [6, 6.07) is 3.64. The van der Waals surface area contributed by atoms with Gasteiger partial charge in [0.1, 0.15) is 0 Å². The zero-order valence-corrected chi connectivity index (χ0v) is 8.96. The van der Waals surface area contributed by atoms with E-state index in [0.717, 1.165) is 11.3 Å². The first-order chi connectivity index (χ1) is 7.29. The van der Waals surface area contributed by atoms with Crippen LogP contribution >= 0.6 is 0 Å². The maximum absolute atomic E-state index is 11.4. The van der Waals surface area contributed by atoms with Crippen LogP contribution in [0.4, 0.5) is 0 Å². The van der Waals surface area contributed by atoms with Gasteiger partial charge in [-0.2, -0.15) is 0 Å². The molecule has 0 unspecified atom stereocenters. The SMILES string of the molecule is NCc1cc(C2CCCCC2)[nH]c(=O)c1. The molecule has 0 aliphatic heterocycles. The maximum atomic E-state index is 11.4. The summed E-state index contributed by atoms with van der Waals surface area (Å²) >= 11 is 0. The van der Waals surface area contributed by atoms with E-state index in [-0.39, 0.29) is 5.56 Å². The van der Waals surface area contributed by atoms with Crippen LogP contribution in [0.15, 0.2) is 16.9 Å². The largest absolute Gasteiger partial charge is 0.326 e. The lowest BCUT2D eigenvalue weighted by molar-refractivity contribution is 0.436. The lowest BCUT2D eigenvalue weighted by Crippen LogP contribution is -2.15. The molecule has 1 aliphatic rings. The first kappa shape index (κ1) is 10.4. The van der Waals surface area contributed by atoms with Crippen LogP contribution in [0.1, 0.15) is 49.3 Å². The van der Waals surface area contributed by atoms with E-state index in [4.69, 9.17) is 5.73 Å². The molecule has 3 N–H and O–H groups in total. The summed E-state index contributed by atoms with van der Waals surface area (Å²) in [5, 5.41) is 0. The number of aromatic nitrogens is 1.